The summed E-state index contributed by atoms with van der Waals surface area (Å²) in [4.78, 5) is 11.5. The number of nitrogens with two attached hydrogens (primary N) is 1. The Morgan fingerprint density at radius 2 is 1.96 bits per heavy atom. The van der Waals surface area contributed by atoms with Crippen molar-refractivity contribution >= 4 is 23.4 Å². The van der Waals surface area contributed by atoms with Gasteiger partial charge in [-0.3, -0.25) is 0 Å². The highest BCUT2D eigenvalue weighted by Crippen LogP contribution is 2.26. The average molecular weight is 374 g/mol. The molecule has 0 radical (unpaired) electrons. The number of fused-ring (bicyclic) bond motifs is 1. The Morgan fingerprint density at radius 1 is 1.24 bits per heavy atom. The van der Waals surface area contributed by atoms with E-state index in [-0.39, 0.29) is 12.4 Å². The molecule has 8 nitrogen and oxygen atoms in total. The Hall–Kier alpha value is -1.68. The third-order valence-electron chi connectivity index (χ3n) is 4.10. The van der Waals surface area contributed by atoms with Crippen molar-refractivity contribution in [3.63, 3.8) is 0 Å². The van der Waals surface area contributed by atoms with Gasteiger partial charge in [0.1, 0.15) is 29.6 Å². The van der Waals surface area contributed by atoms with Crippen LogP contribution in [0.3, 0.4) is 0 Å². The first-order valence-electron chi connectivity index (χ1n) is 7.50. The van der Waals surface area contributed by atoms with E-state index in [9.17, 15) is 20.1 Å². The Morgan fingerprint density at radius 3 is 2.64 bits per heavy atom. The van der Waals surface area contributed by atoms with Crippen LogP contribution in [0.1, 0.15) is 5.56 Å². The van der Waals surface area contributed by atoms with Gasteiger partial charge in [0, 0.05) is 17.5 Å². The first-order valence-corrected chi connectivity index (χ1v) is 7.50. The summed E-state index contributed by atoms with van der Waals surface area (Å²) in [5.41, 5.74) is 6.48. The van der Waals surface area contributed by atoms with Gasteiger partial charge in [-0.15, -0.1) is 12.4 Å². The molecule has 0 unspecified atom stereocenters. The fourth-order valence-corrected chi connectivity index (χ4v) is 2.72. The third kappa shape index (κ3) is 3.79. The fraction of sp³-hybridized carbons (Fsp3) is 0.438. The van der Waals surface area contributed by atoms with E-state index >= 15 is 0 Å². The van der Waals surface area contributed by atoms with Crippen LogP contribution >= 0.6 is 12.4 Å². The first kappa shape index (κ1) is 19.6. The monoisotopic (exact) mass is 373 g/mol. The lowest BCUT2D eigenvalue weighted by Gasteiger charge is -2.40. The standard InChI is InChI=1S/C16H19NO7.ClH/c1-7-4-12(19)23-10-5-8(2-3-9(7)10)22-16-13(17)15(21)14(20)11(6-18)24-16;/h2-5,11,13-16,18,20-21H,6,17H2,1H3;1H/t11-,13-,14-,15-,16-;/m1./s1. The van der Waals surface area contributed by atoms with Gasteiger partial charge in [-0.1, -0.05) is 0 Å². The highest BCUT2D eigenvalue weighted by Gasteiger charge is 2.43. The van der Waals surface area contributed by atoms with Crippen molar-refractivity contribution in [2.75, 3.05) is 6.61 Å². The molecule has 25 heavy (non-hydrogen) atoms. The van der Waals surface area contributed by atoms with Crippen LogP contribution in [-0.2, 0) is 4.74 Å². The van der Waals surface area contributed by atoms with Gasteiger partial charge in [0.15, 0.2) is 0 Å². The molecule has 0 amide bonds. The van der Waals surface area contributed by atoms with Gasteiger partial charge < -0.3 is 34.9 Å². The molecule has 1 aromatic heterocycles. The van der Waals surface area contributed by atoms with Crippen molar-refractivity contribution in [3.05, 3.63) is 40.2 Å². The second-order valence-corrected chi connectivity index (χ2v) is 5.81. The number of aliphatic hydroxyl groups excluding tert-OH is 3. The molecular formula is C16H20ClNO7. The number of hydrogen-bond donors (Lipinski definition) is 4. The quantitative estimate of drug-likeness (QED) is 0.537. The minimum absolute atomic E-state index is 0. The van der Waals surface area contributed by atoms with Crippen molar-refractivity contribution in [3.8, 4) is 5.75 Å². The zero-order valence-electron chi connectivity index (χ0n) is 13.4. The number of hydrogen-bond acceptors (Lipinski definition) is 8. The molecule has 2 aromatic rings. The van der Waals surface area contributed by atoms with Gasteiger partial charge in [-0.2, -0.15) is 0 Å². The van der Waals surface area contributed by atoms with E-state index in [0.717, 1.165) is 10.9 Å². The Kier molecular flexibility index (Phi) is 6.04. The molecule has 1 saturated heterocycles. The zero-order valence-corrected chi connectivity index (χ0v) is 14.2. The third-order valence-corrected chi connectivity index (χ3v) is 4.10. The molecule has 5 N–H and O–H groups in total. The molecule has 2 heterocycles. The number of benzene rings is 1. The van der Waals surface area contributed by atoms with E-state index in [0.29, 0.717) is 11.3 Å². The maximum Gasteiger partial charge on any atom is 0.336 e. The molecule has 0 aliphatic carbocycles. The van der Waals surface area contributed by atoms with Crippen molar-refractivity contribution < 1.29 is 29.2 Å². The molecule has 138 valence electrons. The van der Waals surface area contributed by atoms with Gasteiger partial charge >= 0.3 is 5.63 Å². The van der Waals surface area contributed by atoms with Crippen LogP contribution in [0.2, 0.25) is 0 Å². The van der Waals surface area contributed by atoms with Crippen molar-refractivity contribution in [1.29, 1.82) is 0 Å². The smallest absolute Gasteiger partial charge is 0.336 e. The normalized spacial score (nSPS) is 29.2. The summed E-state index contributed by atoms with van der Waals surface area (Å²) in [6.07, 6.45) is -4.69. The lowest BCUT2D eigenvalue weighted by Crippen LogP contribution is -2.63. The summed E-state index contributed by atoms with van der Waals surface area (Å²) in [6.45, 7) is 1.31. The van der Waals surface area contributed by atoms with Crippen LogP contribution in [0.25, 0.3) is 11.0 Å². The maximum absolute atomic E-state index is 11.5. The van der Waals surface area contributed by atoms with Crippen molar-refractivity contribution in [1.82, 2.24) is 0 Å². The maximum atomic E-state index is 11.5. The number of rotatable bonds is 3. The molecular weight excluding hydrogens is 354 g/mol. The summed E-state index contributed by atoms with van der Waals surface area (Å²) in [5, 5.41) is 29.7. The summed E-state index contributed by atoms with van der Waals surface area (Å²) >= 11 is 0. The second kappa shape index (κ2) is 7.69. The summed E-state index contributed by atoms with van der Waals surface area (Å²) < 4.78 is 16.2. The second-order valence-electron chi connectivity index (χ2n) is 5.81. The van der Waals surface area contributed by atoms with Crippen molar-refractivity contribution in [2.45, 2.75) is 37.6 Å². The van der Waals surface area contributed by atoms with E-state index in [4.69, 9.17) is 19.6 Å². The van der Waals surface area contributed by atoms with Gasteiger partial charge in [-0.05, 0) is 24.6 Å². The van der Waals surface area contributed by atoms with Crippen LogP contribution in [0.15, 0.2) is 33.5 Å². The van der Waals surface area contributed by atoms with Gasteiger partial charge in [0.2, 0.25) is 6.29 Å². The van der Waals surface area contributed by atoms with E-state index in [1.54, 1.807) is 19.1 Å². The van der Waals surface area contributed by atoms with Crippen molar-refractivity contribution in [2.24, 2.45) is 5.73 Å². The van der Waals surface area contributed by atoms with Crippen LogP contribution < -0.4 is 16.1 Å². The largest absolute Gasteiger partial charge is 0.463 e. The number of aryl methyl sites for hydroxylation is 1. The Bertz CT molecular complexity index is 794. The van der Waals surface area contributed by atoms with Crippen LogP contribution in [0, 0.1) is 6.92 Å². The van der Waals surface area contributed by atoms with E-state index in [2.05, 4.69) is 0 Å². The van der Waals surface area contributed by atoms with Crippen LogP contribution in [0.5, 0.6) is 5.75 Å². The topological polar surface area (TPSA) is 135 Å². The van der Waals surface area contributed by atoms with Crippen LogP contribution in [0.4, 0.5) is 0 Å². The molecule has 1 fully saturated rings. The SMILES string of the molecule is Cc1cc(=O)oc2cc(O[C@@H]3O[C@H](CO)[C@@H](O)[C@H](O)[C@H]3N)ccc12.Cl. The van der Waals surface area contributed by atoms with E-state index in [1.807, 2.05) is 0 Å². The first-order chi connectivity index (χ1) is 11.4. The van der Waals surface area contributed by atoms with E-state index < -0.39 is 42.9 Å². The number of halogens is 1. The molecule has 0 spiro atoms. The Balaban J connectivity index is 0.00000225. The summed E-state index contributed by atoms with van der Waals surface area (Å²) in [7, 11) is 0. The summed E-state index contributed by atoms with van der Waals surface area (Å²) in [6, 6.07) is 5.28. The van der Waals surface area contributed by atoms with Gasteiger partial charge in [0.25, 0.3) is 0 Å². The minimum atomic E-state index is -1.30. The number of aliphatic hydroxyl groups is 3. The van der Waals surface area contributed by atoms with Gasteiger partial charge in [0.05, 0.1) is 12.6 Å². The lowest BCUT2D eigenvalue weighted by atomic mass is 9.98. The van der Waals surface area contributed by atoms with Gasteiger partial charge in [-0.25, -0.2) is 4.79 Å². The predicted molar refractivity (Wildman–Crippen MR) is 90.8 cm³/mol. The zero-order chi connectivity index (χ0) is 17.4. The van der Waals surface area contributed by atoms with Crippen LogP contribution in [-0.4, -0.2) is 52.6 Å². The predicted octanol–water partition coefficient (Wildman–Crippen LogP) is -0.332. The molecule has 9 heteroatoms. The number of ether oxygens (including phenoxy) is 2. The molecule has 0 saturated carbocycles. The highest BCUT2D eigenvalue weighted by molar-refractivity contribution is 5.85. The average Bonchev–Trinajstić information content (AvgIpc) is 2.55. The fourth-order valence-electron chi connectivity index (χ4n) is 2.72. The highest BCUT2D eigenvalue weighted by atomic mass is 35.5. The molecule has 3 rings (SSSR count). The molecule has 1 aliphatic heterocycles. The lowest BCUT2D eigenvalue weighted by molar-refractivity contribution is -0.239. The molecule has 5 atom stereocenters. The molecule has 1 aliphatic rings. The molecule has 0 bridgehead atoms. The molecule has 1 aromatic carbocycles. The summed E-state index contributed by atoms with van der Waals surface area (Å²) in [5.74, 6) is 0.317. The minimum Gasteiger partial charge on any atom is -0.463 e. The van der Waals surface area contributed by atoms with E-state index in [1.165, 1.54) is 12.1 Å². The Labute approximate surface area is 149 Å².